The monoisotopic (exact) mass is 491 g/mol. The van der Waals surface area contributed by atoms with Gasteiger partial charge in [0.05, 0.1) is 11.4 Å². The minimum atomic E-state index is -5.67. The van der Waals surface area contributed by atoms with E-state index >= 15 is 0 Å². The maximum Gasteiger partial charge on any atom is 0.435 e. The first kappa shape index (κ1) is 23.3. The van der Waals surface area contributed by atoms with Gasteiger partial charge in [-0.05, 0) is 13.8 Å². The molecular formula is C18H6F9N7. The van der Waals surface area contributed by atoms with Crippen LogP contribution in [0.2, 0.25) is 0 Å². The fourth-order valence-electron chi connectivity index (χ4n) is 3.23. The van der Waals surface area contributed by atoms with Crippen LogP contribution in [0.4, 0.5) is 45.3 Å². The molecule has 0 bridgehead atoms. The topological polar surface area (TPSA) is 81.7 Å². The van der Waals surface area contributed by atoms with Gasteiger partial charge in [-0.15, -0.1) is 4.98 Å². The first-order chi connectivity index (χ1) is 15.5. The smallest absolute Gasteiger partial charge is 0.359 e. The third kappa shape index (κ3) is 3.56. The summed E-state index contributed by atoms with van der Waals surface area (Å²) in [5.41, 5.74) is -11.7. The maximum absolute atomic E-state index is 13.4. The van der Waals surface area contributed by atoms with Crippen LogP contribution < -0.4 is 0 Å². The zero-order valence-corrected chi connectivity index (χ0v) is 16.5. The van der Waals surface area contributed by atoms with Gasteiger partial charge in [0.1, 0.15) is 27.6 Å². The zero-order valence-electron chi connectivity index (χ0n) is 16.5. The molecular weight excluding hydrogens is 485 g/mol. The minimum absolute atomic E-state index is 0.0570. The molecule has 3 heterocycles. The normalized spacial score (nSPS) is 13.1. The molecule has 4 rings (SSSR count). The van der Waals surface area contributed by atoms with E-state index in [4.69, 9.17) is 6.57 Å². The summed E-state index contributed by atoms with van der Waals surface area (Å²) in [5.74, 6) is -0.417. The summed E-state index contributed by atoms with van der Waals surface area (Å²) in [4.78, 5) is 24.0. The summed E-state index contributed by atoms with van der Waals surface area (Å²) >= 11 is 0. The van der Waals surface area contributed by atoms with Gasteiger partial charge in [0.25, 0.3) is 5.82 Å². The van der Waals surface area contributed by atoms with Gasteiger partial charge in [-0.2, -0.15) is 39.5 Å². The van der Waals surface area contributed by atoms with E-state index < -0.39 is 80.2 Å². The van der Waals surface area contributed by atoms with Crippen molar-refractivity contribution < 1.29 is 39.5 Å². The van der Waals surface area contributed by atoms with Crippen molar-refractivity contribution in [3.8, 4) is 0 Å². The zero-order chi connectivity index (χ0) is 25.4. The van der Waals surface area contributed by atoms with Gasteiger partial charge in [0.15, 0.2) is 17.1 Å². The lowest BCUT2D eigenvalue weighted by molar-refractivity contribution is -0.167. The van der Waals surface area contributed by atoms with Gasteiger partial charge >= 0.3 is 18.5 Å². The number of fused-ring (bicyclic) bond motifs is 6. The Hall–Kier alpha value is -3.90. The van der Waals surface area contributed by atoms with E-state index in [1.54, 1.807) is 0 Å². The van der Waals surface area contributed by atoms with Crippen LogP contribution in [0.15, 0.2) is 0 Å². The third-order valence-electron chi connectivity index (χ3n) is 4.60. The van der Waals surface area contributed by atoms with Crippen molar-refractivity contribution in [2.24, 2.45) is 0 Å². The molecule has 0 amide bonds. The molecule has 0 atom stereocenters. The first-order valence-corrected chi connectivity index (χ1v) is 8.83. The highest BCUT2D eigenvalue weighted by atomic mass is 19.4. The summed E-state index contributed by atoms with van der Waals surface area (Å²) in [6.45, 7) is 9.34. The quantitative estimate of drug-likeness (QED) is 0.177. The molecule has 0 fully saturated rings. The highest BCUT2D eigenvalue weighted by molar-refractivity contribution is 6.18. The fourth-order valence-corrected chi connectivity index (χ4v) is 3.23. The molecule has 16 heteroatoms. The summed E-state index contributed by atoms with van der Waals surface area (Å²) in [5, 5.41) is 0. The predicted octanol–water partition coefficient (Wildman–Crippen LogP) is 5.74. The second-order valence-corrected chi connectivity index (χ2v) is 6.91. The molecule has 7 nitrogen and oxygen atoms in total. The van der Waals surface area contributed by atoms with Gasteiger partial charge in [-0.25, -0.2) is 19.9 Å². The van der Waals surface area contributed by atoms with Gasteiger partial charge in [-0.1, -0.05) is 6.57 Å². The largest absolute Gasteiger partial charge is 0.435 e. The number of hydrogen-bond donors (Lipinski definition) is 0. The van der Waals surface area contributed by atoms with E-state index in [9.17, 15) is 39.5 Å². The van der Waals surface area contributed by atoms with Crippen LogP contribution in [0.5, 0.6) is 0 Å². The van der Waals surface area contributed by atoms with E-state index in [-0.39, 0.29) is 5.69 Å². The molecule has 0 aliphatic rings. The Morgan fingerprint density at radius 2 is 0.824 bits per heavy atom. The number of nitrogens with zero attached hydrogens (tertiary/aromatic N) is 7. The maximum atomic E-state index is 13.4. The number of halogens is 9. The summed E-state index contributed by atoms with van der Waals surface area (Å²) in [7, 11) is 0. The molecule has 0 unspecified atom stereocenters. The van der Waals surface area contributed by atoms with Crippen molar-refractivity contribution in [1.29, 1.82) is 0 Å². The number of aryl methyl sites for hydroxylation is 2. The average molecular weight is 491 g/mol. The molecule has 0 N–H and O–H groups in total. The van der Waals surface area contributed by atoms with Gasteiger partial charge in [-0.3, -0.25) is 4.98 Å². The molecule has 0 aliphatic carbocycles. The van der Waals surface area contributed by atoms with Crippen molar-refractivity contribution in [2.75, 3.05) is 0 Å². The van der Waals surface area contributed by atoms with Crippen LogP contribution in [0, 0.1) is 20.4 Å². The van der Waals surface area contributed by atoms with E-state index in [1.807, 2.05) is 0 Å². The first-order valence-electron chi connectivity index (χ1n) is 8.83. The summed E-state index contributed by atoms with van der Waals surface area (Å²) < 4.78 is 121. The Labute approximate surface area is 181 Å². The Morgan fingerprint density at radius 1 is 0.500 bits per heavy atom. The number of alkyl halides is 9. The number of benzene rings is 1. The lowest BCUT2D eigenvalue weighted by atomic mass is 10.1. The van der Waals surface area contributed by atoms with E-state index in [0.717, 1.165) is 6.92 Å². The number of aromatic nitrogens is 6. The summed E-state index contributed by atoms with van der Waals surface area (Å²) in [6, 6.07) is 0. The van der Waals surface area contributed by atoms with Gasteiger partial charge in [0, 0.05) is 0 Å². The lowest BCUT2D eigenvalue weighted by Gasteiger charge is -2.16. The molecule has 3 aromatic heterocycles. The van der Waals surface area contributed by atoms with Crippen LogP contribution in [-0.4, -0.2) is 29.9 Å². The number of rotatable bonds is 0. The van der Waals surface area contributed by atoms with Crippen molar-refractivity contribution in [3.05, 3.63) is 39.9 Å². The lowest BCUT2D eigenvalue weighted by Crippen LogP contribution is -2.21. The fraction of sp³-hybridized carbons (Fsp3) is 0.278. The van der Waals surface area contributed by atoms with Crippen molar-refractivity contribution in [3.63, 3.8) is 0 Å². The van der Waals surface area contributed by atoms with Crippen molar-refractivity contribution in [1.82, 2.24) is 29.9 Å². The van der Waals surface area contributed by atoms with Crippen LogP contribution in [-0.2, 0) is 18.5 Å². The minimum Gasteiger partial charge on any atom is -0.359 e. The van der Waals surface area contributed by atoms with E-state index in [2.05, 4.69) is 34.7 Å². The van der Waals surface area contributed by atoms with Crippen LogP contribution in [0.3, 0.4) is 0 Å². The Balaban J connectivity index is 2.37. The highest BCUT2D eigenvalue weighted by Crippen LogP contribution is 2.42. The Bertz CT molecular complexity index is 1550. The third-order valence-corrected chi connectivity index (χ3v) is 4.60. The molecule has 0 aliphatic heterocycles. The summed E-state index contributed by atoms with van der Waals surface area (Å²) in [6.07, 6.45) is -16.4. The molecule has 0 radical (unpaired) electrons. The second kappa shape index (κ2) is 7.05. The van der Waals surface area contributed by atoms with Crippen LogP contribution in [0.1, 0.15) is 28.5 Å². The van der Waals surface area contributed by atoms with Crippen LogP contribution >= 0.6 is 0 Å². The SMILES string of the molecule is [C-]#[N+]c1nc2c(nc1C)c1nc(C)c(C(F)(F)F)nc1c1nc(C(F)(F)F)c(C(F)(F)F)nc21. The molecule has 0 spiro atoms. The standard InChI is InChI=1S/C18H6F9N7/c1-4-12(16(19,20)21)31-8-6(29-4)7-11(34-15(28-3)5(2)30-7)10-9(8)32-13(17(22,23)24)14(33-10)18(25,26)27/h1-2H3. The van der Waals surface area contributed by atoms with E-state index in [1.165, 1.54) is 6.92 Å². The predicted molar refractivity (Wildman–Crippen MR) is 96.5 cm³/mol. The molecule has 34 heavy (non-hydrogen) atoms. The average Bonchev–Trinajstić information content (AvgIpc) is 2.70. The van der Waals surface area contributed by atoms with Gasteiger partial charge in [0.2, 0.25) is 5.52 Å². The van der Waals surface area contributed by atoms with Crippen molar-refractivity contribution >= 4 is 38.9 Å². The van der Waals surface area contributed by atoms with E-state index in [0.29, 0.717) is 0 Å². The molecule has 4 aromatic rings. The molecule has 0 saturated carbocycles. The Morgan fingerprint density at radius 3 is 1.21 bits per heavy atom. The molecule has 176 valence electrons. The van der Waals surface area contributed by atoms with Crippen LogP contribution in [0.25, 0.3) is 37.9 Å². The second-order valence-electron chi connectivity index (χ2n) is 6.91. The van der Waals surface area contributed by atoms with Crippen molar-refractivity contribution in [2.45, 2.75) is 32.4 Å². The number of hydrogen-bond acceptors (Lipinski definition) is 6. The molecule has 0 saturated heterocycles. The Kier molecular flexibility index (Phi) is 4.82. The molecule has 1 aromatic carbocycles. The van der Waals surface area contributed by atoms with Gasteiger partial charge < -0.3 is 4.85 Å². The highest BCUT2D eigenvalue weighted by Gasteiger charge is 2.47.